The average molecular weight is 614 g/mol. The molecule has 0 bridgehead atoms. The number of ether oxygens (including phenoxy) is 2. The van der Waals surface area contributed by atoms with Gasteiger partial charge in [0, 0.05) is 42.3 Å². The third-order valence-electron chi connectivity index (χ3n) is 7.57. The Morgan fingerprint density at radius 1 is 1.00 bits per heavy atom. The zero-order valence-electron chi connectivity index (χ0n) is 24.1. The topological polar surface area (TPSA) is 89.8 Å². The molecule has 4 atom stereocenters. The number of β-amino-alcohol motifs (C(OH)–C–C–N with tert-alkyl or cyclic N) is 1. The first-order valence-corrected chi connectivity index (χ1v) is 15.0. The minimum Gasteiger partial charge on any atom is -0.497 e. The highest BCUT2D eigenvalue weighted by Gasteiger charge is 2.44. The van der Waals surface area contributed by atoms with Gasteiger partial charge in [0.05, 0.1) is 43.7 Å². The van der Waals surface area contributed by atoms with E-state index in [0.717, 1.165) is 29.1 Å². The summed E-state index contributed by atoms with van der Waals surface area (Å²) in [5.74, 6) is 2.17. The largest absolute Gasteiger partial charge is 0.497 e. The average Bonchev–Trinajstić information content (AvgIpc) is 3.38. The van der Waals surface area contributed by atoms with E-state index in [9.17, 15) is 10.2 Å². The van der Waals surface area contributed by atoms with Gasteiger partial charge in [-0.15, -0.1) is 0 Å². The molecule has 5 rings (SSSR count). The quantitative estimate of drug-likeness (QED) is 0.299. The van der Waals surface area contributed by atoms with Crippen LogP contribution >= 0.6 is 23.2 Å². The summed E-state index contributed by atoms with van der Waals surface area (Å²) in [4.78, 5) is 9.92. The van der Waals surface area contributed by atoms with Gasteiger partial charge in [0.1, 0.15) is 23.4 Å². The third-order valence-corrected chi connectivity index (χ3v) is 8.08. The number of aliphatic imine (C=N–C) groups is 1. The van der Waals surface area contributed by atoms with Gasteiger partial charge >= 0.3 is 0 Å². The Morgan fingerprint density at radius 2 is 1.67 bits per heavy atom. The maximum Gasteiger partial charge on any atom is 0.137 e. The van der Waals surface area contributed by atoms with E-state index in [1.54, 1.807) is 7.11 Å². The predicted octanol–water partition coefficient (Wildman–Crippen LogP) is 4.92. The molecule has 2 aliphatic heterocycles. The lowest BCUT2D eigenvalue weighted by Crippen LogP contribution is -2.60. The van der Waals surface area contributed by atoms with Crippen LogP contribution in [0, 0.1) is 0 Å². The first-order valence-electron chi connectivity index (χ1n) is 14.2. The second kappa shape index (κ2) is 13.6. The van der Waals surface area contributed by atoms with Crippen LogP contribution in [0.2, 0.25) is 10.0 Å². The maximum absolute atomic E-state index is 10.2. The van der Waals surface area contributed by atoms with Crippen molar-refractivity contribution < 1.29 is 19.7 Å². The van der Waals surface area contributed by atoms with Gasteiger partial charge in [-0.3, -0.25) is 15.2 Å². The SMILES string of the molecule is COc1ccc(C2=NC(c3ccc(Cl)cc3)C(c3ccc(Cl)cc3)N2C2CN(CC(O)CO)CCN2)c(OC(C)C)c1. The van der Waals surface area contributed by atoms with Crippen LogP contribution in [-0.4, -0.2) is 84.1 Å². The molecule has 8 nitrogen and oxygen atoms in total. The van der Waals surface area contributed by atoms with Crippen molar-refractivity contribution in [2.24, 2.45) is 4.99 Å². The minimum absolute atomic E-state index is 0.0614. The molecule has 2 aliphatic rings. The molecule has 1 saturated heterocycles. The van der Waals surface area contributed by atoms with E-state index in [4.69, 9.17) is 37.7 Å². The molecular formula is C32H38Cl2N4O4. The van der Waals surface area contributed by atoms with Crippen molar-refractivity contribution in [1.29, 1.82) is 0 Å². The van der Waals surface area contributed by atoms with Crippen LogP contribution in [0.25, 0.3) is 0 Å². The molecule has 3 aromatic rings. The fourth-order valence-electron chi connectivity index (χ4n) is 5.69. The smallest absolute Gasteiger partial charge is 0.137 e. The standard InChI is InChI=1S/C32H38Cl2N4O4/c1-20(2)42-28-16-26(41-3)12-13-27(28)32-36-30(21-4-8-23(33)9-5-21)31(22-6-10-24(34)11-7-22)38(32)29-18-37(15-14-35-29)17-25(40)19-39/h4-13,16,20,25,29-31,35,39-40H,14-15,17-19H2,1-3H3. The zero-order chi connectivity index (χ0) is 29.8. The molecule has 3 N–H and O–H groups in total. The van der Waals surface area contributed by atoms with Gasteiger partial charge in [0.2, 0.25) is 0 Å². The molecule has 0 spiro atoms. The van der Waals surface area contributed by atoms with Crippen molar-refractivity contribution in [3.8, 4) is 11.5 Å². The van der Waals surface area contributed by atoms with Crippen molar-refractivity contribution in [2.75, 3.05) is 39.9 Å². The summed E-state index contributed by atoms with van der Waals surface area (Å²) in [5, 5.41) is 24.8. The van der Waals surface area contributed by atoms with Crippen LogP contribution in [0.15, 0.2) is 71.7 Å². The Labute approximate surface area is 257 Å². The second-order valence-electron chi connectivity index (χ2n) is 10.9. The number of aliphatic hydroxyl groups excluding tert-OH is 2. The zero-order valence-corrected chi connectivity index (χ0v) is 25.6. The fraction of sp³-hybridized carbons (Fsp3) is 0.406. The van der Waals surface area contributed by atoms with E-state index in [1.165, 1.54) is 0 Å². The fourth-order valence-corrected chi connectivity index (χ4v) is 5.94. The minimum atomic E-state index is -0.808. The van der Waals surface area contributed by atoms with Crippen LogP contribution in [-0.2, 0) is 0 Å². The van der Waals surface area contributed by atoms with Crippen molar-refractivity contribution in [3.63, 3.8) is 0 Å². The number of nitrogens with zero attached hydrogens (tertiary/aromatic N) is 3. The van der Waals surface area contributed by atoms with Gasteiger partial charge in [-0.2, -0.15) is 0 Å². The lowest BCUT2D eigenvalue weighted by Gasteiger charge is -2.43. The van der Waals surface area contributed by atoms with E-state index >= 15 is 0 Å². The van der Waals surface area contributed by atoms with E-state index < -0.39 is 6.10 Å². The van der Waals surface area contributed by atoms with Gasteiger partial charge in [-0.05, 0) is 61.4 Å². The summed E-state index contributed by atoms with van der Waals surface area (Å²) in [6.45, 7) is 6.18. The van der Waals surface area contributed by atoms with Crippen LogP contribution in [0.3, 0.4) is 0 Å². The van der Waals surface area contributed by atoms with Crippen LogP contribution in [0.4, 0.5) is 0 Å². The normalized spacial score (nSPS) is 21.9. The molecule has 4 unspecified atom stereocenters. The number of halogens is 2. The van der Waals surface area contributed by atoms with Crippen molar-refractivity contribution >= 4 is 29.0 Å². The highest BCUT2D eigenvalue weighted by Crippen LogP contribution is 2.46. The molecule has 42 heavy (non-hydrogen) atoms. The van der Waals surface area contributed by atoms with Gasteiger partial charge in [-0.25, -0.2) is 0 Å². The number of hydrogen-bond donors (Lipinski definition) is 3. The van der Waals surface area contributed by atoms with E-state index in [1.807, 2.05) is 68.4 Å². The lowest BCUT2D eigenvalue weighted by molar-refractivity contribution is 0.0339. The predicted molar refractivity (Wildman–Crippen MR) is 167 cm³/mol. The first-order chi connectivity index (χ1) is 20.3. The van der Waals surface area contributed by atoms with Crippen LogP contribution in [0.5, 0.6) is 11.5 Å². The number of hydrogen-bond acceptors (Lipinski definition) is 8. The van der Waals surface area contributed by atoms with Crippen LogP contribution < -0.4 is 14.8 Å². The van der Waals surface area contributed by atoms with Crippen molar-refractivity contribution in [2.45, 2.75) is 44.3 Å². The van der Waals surface area contributed by atoms with E-state index in [2.05, 4.69) is 27.2 Å². The summed E-state index contributed by atoms with van der Waals surface area (Å²) in [6.07, 6.45) is -1.03. The summed E-state index contributed by atoms with van der Waals surface area (Å²) in [6, 6.07) is 21.1. The number of aliphatic hydroxyl groups is 2. The lowest BCUT2D eigenvalue weighted by atomic mass is 9.93. The third kappa shape index (κ3) is 6.86. The number of piperazine rings is 1. The van der Waals surface area contributed by atoms with Gasteiger partial charge in [-0.1, -0.05) is 47.5 Å². The highest BCUT2D eigenvalue weighted by molar-refractivity contribution is 6.30. The van der Waals surface area contributed by atoms with Crippen LogP contribution in [0.1, 0.15) is 42.6 Å². The molecule has 0 saturated carbocycles. The number of methoxy groups -OCH3 is 1. The molecule has 2 heterocycles. The Morgan fingerprint density at radius 3 is 2.29 bits per heavy atom. The molecule has 0 radical (unpaired) electrons. The highest BCUT2D eigenvalue weighted by atomic mass is 35.5. The maximum atomic E-state index is 10.2. The number of amidine groups is 1. The van der Waals surface area contributed by atoms with Crippen molar-refractivity contribution in [1.82, 2.24) is 15.1 Å². The second-order valence-corrected chi connectivity index (χ2v) is 11.8. The molecule has 0 amide bonds. The van der Waals surface area contributed by atoms with E-state index in [0.29, 0.717) is 41.2 Å². The monoisotopic (exact) mass is 612 g/mol. The first kappa shape index (κ1) is 30.6. The summed E-state index contributed by atoms with van der Waals surface area (Å²) < 4.78 is 11.9. The van der Waals surface area contributed by atoms with Gasteiger partial charge in [0.15, 0.2) is 0 Å². The molecule has 0 aromatic heterocycles. The van der Waals surface area contributed by atoms with Gasteiger partial charge in [0.25, 0.3) is 0 Å². The summed E-state index contributed by atoms with van der Waals surface area (Å²) in [7, 11) is 1.64. The van der Waals surface area contributed by atoms with E-state index in [-0.39, 0.29) is 31.0 Å². The van der Waals surface area contributed by atoms with Gasteiger partial charge < -0.3 is 24.6 Å². The summed E-state index contributed by atoms with van der Waals surface area (Å²) >= 11 is 12.6. The summed E-state index contributed by atoms with van der Waals surface area (Å²) in [5.41, 5.74) is 2.95. The Hall–Kier alpha value is -2.85. The Bertz CT molecular complexity index is 1370. The molecule has 3 aromatic carbocycles. The van der Waals surface area contributed by atoms with Crippen molar-refractivity contribution in [3.05, 3.63) is 93.5 Å². The number of nitrogens with one attached hydrogen (secondary N) is 1. The molecular weight excluding hydrogens is 575 g/mol. The number of rotatable bonds is 10. The molecule has 0 aliphatic carbocycles. The molecule has 1 fully saturated rings. The Balaban J connectivity index is 1.66. The number of benzene rings is 3. The molecule has 10 heteroatoms. The molecule has 224 valence electrons. The Kier molecular flexibility index (Phi) is 9.93.